The molecule has 0 aromatic carbocycles. The first-order valence-electron chi connectivity index (χ1n) is 13.9. The van der Waals surface area contributed by atoms with Crippen molar-refractivity contribution in [1.82, 2.24) is 0 Å². The Kier molecular flexibility index (Phi) is 5.71. The summed E-state index contributed by atoms with van der Waals surface area (Å²) >= 11 is 0. The van der Waals surface area contributed by atoms with Crippen molar-refractivity contribution >= 4 is 17.9 Å². The second-order valence-electron chi connectivity index (χ2n) is 13.3. The fourth-order valence-corrected chi connectivity index (χ4v) is 9.78. The Morgan fingerprint density at radius 2 is 1.87 bits per heavy atom. The molecule has 0 spiro atoms. The van der Waals surface area contributed by atoms with E-state index < -0.39 is 70.5 Å². The van der Waals surface area contributed by atoms with Crippen molar-refractivity contribution in [2.24, 2.45) is 46.3 Å². The van der Waals surface area contributed by atoms with Crippen LogP contribution in [0.2, 0.25) is 0 Å². The van der Waals surface area contributed by atoms with Gasteiger partial charge < -0.3 is 19.7 Å². The average Bonchev–Trinajstić information content (AvgIpc) is 3.51. The van der Waals surface area contributed by atoms with Gasteiger partial charge in [0.05, 0.1) is 12.0 Å². The van der Waals surface area contributed by atoms with Gasteiger partial charge in [0, 0.05) is 11.3 Å². The number of allylic oxidation sites excluding steroid dienone is 3. The highest BCUT2D eigenvalue weighted by molar-refractivity contribution is 6.01. The summed E-state index contributed by atoms with van der Waals surface area (Å²) in [6.07, 6.45) is 0.628. The lowest BCUT2D eigenvalue weighted by Gasteiger charge is -2.63. The number of carboxylic acid groups (broad SMARTS) is 1. The number of carbonyl (C=O) groups excluding carboxylic acids is 2. The maximum Gasteiger partial charge on any atom is 0.508 e. The molecule has 2 bridgehead atoms. The van der Waals surface area contributed by atoms with Gasteiger partial charge in [-0.15, -0.1) is 0 Å². The molecule has 4 unspecified atom stereocenters. The van der Waals surface area contributed by atoms with E-state index in [0.29, 0.717) is 5.92 Å². The number of alkyl halides is 2. The Hall–Kier alpha value is -2.29. The minimum atomic E-state index is -2.51. The SMILES string of the molecule is C[C@@H]1C[C@H]2[C@@H]3C(OC(=O)OC4CC5CCC4C5)[C@H](F)C4=CC(=O)C=C[C@]4(C)[C@@]3(F)[C@@H](O)C[C@]2(C)[C@@H]1C(=O)O. The molecule has 208 valence electrons. The minimum Gasteiger partial charge on any atom is -0.481 e. The number of hydrogen-bond acceptors (Lipinski definition) is 6. The lowest BCUT2D eigenvalue weighted by molar-refractivity contribution is -0.236. The van der Waals surface area contributed by atoms with Crippen LogP contribution in [0.4, 0.5) is 13.6 Å². The molecule has 6 aliphatic rings. The van der Waals surface area contributed by atoms with E-state index in [1.807, 2.05) is 0 Å². The number of ether oxygens (including phenoxy) is 2. The van der Waals surface area contributed by atoms with Crippen LogP contribution >= 0.6 is 0 Å². The Morgan fingerprint density at radius 1 is 1.13 bits per heavy atom. The van der Waals surface area contributed by atoms with Gasteiger partial charge in [0.25, 0.3) is 0 Å². The van der Waals surface area contributed by atoms with Gasteiger partial charge >= 0.3 is 12.1 Å². The summed E-state index contributed by atoms with van der Waals surface area (Å²) in [4.78, 5) is 37.7. The summed E-state index contributed by atoms with van der Waals surface area (Å²) in [6.45, 7) is 4.95. The quantitative estimate of drug-likeness (QED) is 0.511. The van der Waals surface area contributed by atoms with E-state index in [0.717, 1.165) is 31.8 Å². The molecule has 2 N–H and O–H groups in total. The van der Waals surface area contributed by atoms with E-state index in [1.54, 1.807) is 13.8 Å². The van der Waals surface area contributed by atoms with Crippen LogP contribution in [-0.2, 0) is 19.1 Å². The van der Waals surface area contributed by atoms with Gasteiger partial charge in [-0.3, -0.25) is 9.59 Å². The number of aliphatic hydroxyl groups is 1. The molecule has 6 rings (SSSR count). The first-order chi connectivity index (χ1) is 17.8. The fraction of sp³-hybridized carbons (Fsp3) is 0.759. The average molecular weight is 535 g/mol. The molecule has 0 aliphatic heterocycles. The van der Waals surface area contributed by atoms with Crippen LogP contribution in [0.15, 0.2) is 23.8 Å². The van der Waals surface area contributed by atoms with Crippen LogP contribution in [0.5, 0.6) is 0 Å². The Balaban J connectivity index is 1.41. The second-order valence-corrected chi connectivity index (χ2v) is 13.3. The molecule has 5 fully saturated rings. The topological polar surface area (TPSA) is 110 Å². The predicted octanol–water partition coefficient (Wildman–Crippen LogP) is 4.57. The van der Waals surface area contributed by atoms with E-state index in [9.17, 15) is 24.6 Å². The van der Waals surface area contributed by atoms with Gasteiger partial charge in [-0.05, 0) is 92.3 Å². The molecule has 0 aromatic heterocycles. The summed E-state index contributed by atoms with van der Waals surface area (Å²) in [6, 6.07) is 0. The number of carboxylic acids is 1. The van der Waals surface area contributed by atoms with E-state index in [1.165, 1.54) is 19.1 Å². The molecule has 0 aromatic rings. The van der Waals surface area contributed by atoms with Crippen LogP contribution in [-0.4, -0.2) is 58.3 Å². The first kappa shape index (κ1) is 26.0. The van der Waals surface area contributed by atoms with E-state index >= 15 is 8.78 Å². The second kappa shape index (κ2) is 8.35. The number of fused-ring (bicyclic) bond motifs is 7. The number of hydrogen-bond donors (Lipinski definition) is 2. The maximum atomic E-state index is 17.7. The Morgan fingerprint density at radius 3 is 2.50 bits per heavy atom. The van der Waals surface area contributed by atoms with Crippen molar-refractivity contribution in [3.63, 3.8) is 0 Å². The van der Waals surface area contributed by atoms with Crippen molar-refractivity contribution in [2.45, 2.75) is 89.4 Å². The smallest absolute Gasteiger partial charge is 0.481 e. The van der Waals surface area contributed by atoms with Crippen LogP contribution in [0.25, 0.3) is 0 Å². The van der Waals surface area contributed by atoms with E-state index in [-0.39, 0.29) is 36.4 Å². The zero-order chi connectivity index (χ0) is 27.4. The number of aliphatic hydroxyl groups excluding tert-OH is 1. The predicted molar refractivity (Wildman–Crippen MR) is 130 cm³/mol. The summed E-state index contributed by atoms with van der Waals surface area (Å²) in [7, 11) is 0. The standard InChI is InChI=1S/C29H36F2O7/c1-13-8-17-22-24(38-26(36)37-19-10-14-4-5-15(19)9-14)23(30)18-11-16(32)6-7-28(18,3)29(22,31)20(33)12-27(17,2)21(13)25(34)35/h6-7,11,13-15,17,19-24,33H,4-5,8-10,12H2,1-3H3,(H,34,35)/t13-,14?,15?,17+,19?,20+,21+,22-,23-,24?,27+,28+,29-/m1/s1. The van der Waals surface area contributed by atoms with Crippen LogP contribution in [0, 0.1) is 46.3 Å². The van der Waals surface area contributed by atoms with Crippen molar-refractivity contribution in [1.29, 1.82) is 0 Å². The lowest BCUT2D eigenvalue weighted by atomic mass is 9.44. The molecule has 5 saturated carbocycles. The number of aliphatic carboxylic acids is 1. The minimum absolute atomic E-state index is 0.143. The molecular weight excluding hydrogens is 498 g/mol. The molecule has 0 amide bonds. The van der Waals surface area contributed by atoms with Crippen molar-refractivity contribution in [3.05, 3.63) is 23.8 Å². The van der Waals surface area contributed by atoms with Crippen molar-refractivity contribution in [2.75, 3.05) is 0 Å². The van der Waals surface area contributed by atoms with Crippen molar-refractivity contribution in [3.8, 4) is 0 Å². The molecule has 6 aliphatic carbocycles. The third-order valence-corrected chi connectivity index (χ3v) is 11.4. The summed E-state index contributed by atoms with van der Waals surface area (Å²) in [5, 5.41) is 21.5. The van der Waals surface area contributed by atoms with Gasteiger partial charge in [0.15, 0.2) is 17.6 Å². The number of rotatable bonds is 3. The number of carbonyl (C=O) groups is 3. The van der Waals surface area contributed by atoms with Crippen molar-refractivity contribution < 1.29 is 42.9 Å². The van der Waals surface area contributed by atoms with E-state index in [4.69, 9.17) is 9.47 Å². The van der Waals surface area contributed by atoms with E-state index in [2.05, 4.69) is 0 Å². The molecule has 0 radical (unpaired) electrons. The molecule has 0 heterocycles. The highest BCUT2D eigenvalue weighted by Gasteiger charge is 2.76. The summed E-state index contributed by atoms with van der Waals surface area (Å²) in [5.74, 6) is -4.09. The first-order valence-corrected chi connectivity index (χ1v) is 13.9. The Labute approximate surface area is 220 Å². The third-order valence-electron chi connectivity index (χ3n) is 11.4. The lowest BCUT2D eigenvalue weighted by Crippen LogP contribution is -2.72. The number of ketones is 1. The highest BCUT2D eigenvalue weighted by Crippen LogP contribution is 2.70. The zero-order valence-electron chi connectivity index (χ0n) is 21.9. The van der Waals surface area contributed by atoms with Crippen LogP contribution in [0.1, 0.15) is 59.3 Å². The van der Waals surface area contributed by atoms with Gasteiger partial charge in [0.1, 0.15) is 12.2 Å². The van der Waals surface area contributed by atoms with Crippen LogP contribution < -0.4 is 0 Å². The molecular formula is C29H36F2O7. The zero-order valence-corrected chi connectivity index (χ0v) is 21.9. The summed E-state index contributed by atoms with van der Waals surface area (Å²) in [5.41, 5.74) is -5.41. The monoisotopic (exact) mass is 534 g/mol. The number of halogens is 2. The third kappa shape index (κ3) is 3.29. The maximum absolute atomic E-state index is 17.7. The molecule has 7 nitrogen and oxygen atoms in total. The molecule has 13 atom stereocenters. The normalized spacial score (nSPS) is 52.6. The van der Waals surface area contributed by atoms with Gasteiger partial charge in [0.2, 0.25) is 0 Å². The van der Waals surface area contributed by atoms with Crippen LogP contribution in [0.3, 0.4) is 0 Å². The van der Waals surface area contributed by atoms with Gasteiger partial charge in [-0.1, -0.05) is 19.9 Å². The van der Waals surface area contributed by atoms with Gasteiger partial charge in [-0.25, -0.2) is 13.6 Å². The molecule has 9 heteroatoms. The fourth-order valence-electron chi connectivity index (χ4n) is 9.78. The highest BCUT2D eigenvalue weighted by atomic mass is 19.1. The largest absolute Gasteiger partial charge is 0.508 e. The van der Waals surface area contributed by atoms with Gasteiger partial charge in [-0.2, -0.15) is 0 Å². The molecule has 38 heavy (non-hydrogen) atoms. The summed E-state index contributed by atoms with van der Waals surface area (Å²) < 4.78 is 45.5. The Bertz CT molecular complexity index is 1140. The molecule has 0 saturated heterocycles.